The van der Waals surface area contributed by atoms with Crippen LogP contribution in [0.1, 0.15) is 23.6 Å². The molecular formula is C22H27FN4O3S. The highest BCUT2D eigenvalue weighted by molar-refractivity contribution is 7.89. The highest BCUT2D eigenvalue weighted by Gasteiger charge is 2.37. The van der Waals surface area contributed by atoms with E-state index in [0.717, 1.165) is 11.1 Å². The number of hydrazine groups is 1. The summed E-state index contributed by atoms with van der Waals surface area (Å²) in [5.74, 6) is -0.688. The van der Waals surface area contributed by atoms with Crippen molar-refractivity contribution in [3.63, 3.8) is 0 Å². The van der Waals surface area contributed by atoms with Crippen molar-refractivity contribution in [2.75, 3.05) is 32.7 Å². The van der Waals surface area contributed by atoms with Gasteiger partial charge in [0, 0.05) is 32.7 Å². The molecule has 166 valence electrons. The second-order valence-corrected chi connectivity index (χ2v) is 9.99. The van der Waals surface area contributed by atoms with Crippen LogP contribution in [0.2, 0.25) is 0 Å². The zero-order valence-electron chi connectivity index (χ0n) is 17.4. The molecule has 31 heavy (non-hydrogen) atoms. The predicted octanol–water partition coefficient (Wildman–Crippen LogP) is 1.82. The summed E-state index contributed by atoms with van der Waals surface area (Å²) in [6.07, 6.45) is 0.575. The first-order chi connectivity index (χ1) is 14.9. The zero-order chi connectivity index (χ0) is 22.0. The Morgan fingerprint density at radius 1 is 1.00 bits per heavy atom. The van der Waals surface area contributed by atoms with Gasteiger partial charge in [-0.1, -0.05) is 29.8 Å². The van der Waals surface area contributed by atoms with Gasteiger partial charge in [0.2, 0.25) is 15.9 Å². The molecule has 2 N–H and O–H groups in total. The Hall–Kier alpha value is -2.33. The zero-order valence-corrected chi connectivity index (χ0v) is 18.2. The Bertz CT molecular complexity index is 1030. The Balaban J connectivity index is 1.45. The smallest absolute Gasteiger partial charge is 0.243 e. The van der Waals surface area contributed by atoms with Crippen molar-refractivity contribution in [3.8, 4) is 0 Å². The average molecular weight is 447 g/mol. The van der Waals surface area contributed by atoms with Crippen molar-refractivity contribution < 1.29 is 17.6 Å². The molecule has 2 heterocycles. The molecule has 9 heteroatoms. The lowest BCUT2D eigenvalue weighted by Crippen LogP contribution is -2.42. The molecule has 2 aromatic carbocycles. The number of rotatable bonds is 4. The summed E-state index contributed by atoms with van der Waals surface area (Å²) in [4.78, 5) is 15.3. The first kappa shape index (κ1) is 21.9. The highest BCUT2D eigenvalue weighted by Crippen LogP contribution is 2.27. The van der Waals surface area contributed by atoms with Gasteiger partial charge in [-0.3, -0.25) is 10.2 Å². The number of sulfonamides is 1. The van der Waals surface area contributed by atoms with Crippen LogP contribution in [0, 0.1) is 18.7 Å². The van der Waals surface area contributed by atoms with Crippen molar-refractivity contribution in [2.45, 2.75) is 24.3 Å². The van der Waals surface area contributed by atoms with Crippen LogP contribution >= 0.6 is 0 Å². The van der Waals surface area contributed by atoms with Crippen LogP contribution in [-0.2, 0) is 14.8 Å². The topological polar surface area (TPSA) is 81.8 Å². The number of aryl methyl sites for hydroxylation is 1. The second-order valence-electron chi connectivity index (χ2n) is 8.06. The standard InChI is InChI=1S/C22H27FN4O3S/c1-16-3-9-19(10-4-16)31(29,30)27-12-2-11-26(13-14-27)22(28)20-15-24-25-21(20)17-5-7-18(23)8-6-17/h3-10,20-21,24-25H,2,11-15H2,1H3. The van der Waals surface area contributed by atoms with E-state index in [1.165, 1.54) is 16.4 Å². The lowest BCUT2D eigenvalue weighted by molar-refractivity contribution is -0.135. The van der Waals surface area contributed by atoms with Gasteiger partial charge in [-0.2, -0.15) is 4.31 Å². The predicted molar refractivity (Wildman–Crippen MR) is 115 cm³/mol. The van der Waals surface area contributed by atoms with Gasteiger partial charge in [-0.15, -0.1) is 0 Å². The van der Waals surface area contributed by atoms with Crippen molar-refractivity contribution >= 4 is 15.9 Å². The number of carbonyl (C=O) groups is 1. The van der Waals surface area contributed by atoms with E-state index in [9.17, 15) is 17.6 Å². The van der Waals surface area contributed by atoms with Gasteiger partial charge in [0.05, 0.1) is 16.9 Å². The van der Waals surface area contributed by atoms with E-state index in [1.54, 1.807) is 41.3 Å². The maximum atomic E-state index is 13.3. The second kappa shape index (κ2) is 9.04. The third-order valence-electron chi connectivity index (χ3n) is 5.95. The Morgan fingerprint density at radius 2 is 1.71 bits per heavy atom. The van der Waals surface area contributed by atoms with Crippen molar-refractivity contribution in [3.05, 3.63) is 65.5 Å². The molecule has 0 aromatic heterocycles. The molecule has 2 aromatic rings. The largest absolute Gasteiger partial charge is 0.341 e. The van der Waals surface area contributed by atoms with Crippen molar-refractivity contribution in [1.82, 2.24) is 20.1 Å². The van der Waals surface area contributed by atoms with Crippen LogP contribution < -0.4 is 10.9 Å². The fourth-order valence-corrected chi connectivity index (χ4v) is 5.63. The summed E-state index contributed by atoms with van der Waals surface area (Å²) in [7, 11) is -3.59. The summed E-state index contributed by atoms with van der Waals surface area (Å²) in [6.45, 7) is 3.86. The quantitative estimate of drug-likeness (QED) is 0.749. The van der Waals surface area contributed by atoms with Gasteiger partial charge >= 0.3 is 0 Å². The Morgan fingerprint density at radius 3 is 2.42 bits per heavy atom. The maximum Gasteiger partial charge on any atom is 0.243 e. The summed E-state index contributed by atoms with van der Waals surface area (Å²) >= 11 is 0. The molecule has 0 bridgehead atoms. The Kier molecular flexibility index (Phi) is 6.38. The van der Waals surface area contributed by atoms with Gasteiger partial charge < -0.3 is 4.90 Å². The molecule has 7 nitrogen and oxygen atoms in total. The SMILES string of the molecule is Cc1ccc(S(=O)(=O)N2CCCN(C(=O)C3CNNC3c3ccc(F)cc3)CC2)cc1. The monoisotopic (exact) mass is 446 g/mol. The van der Waals surface area contributed by atoms with E-state index in [2.05, 4.69) is 10.9 Å². The number of hydrogen-bond acceptors (Lipinski definition) is 5. The number of nitrogens with one attached hydrogen (secondary N) is 2. The maximum absolute atomic E-state index is 13.3. The number of nitrogens with zero attached hydrogens (tertiary/aromatic N) is 2. The van der Waals surface area contributed by atoms with Gasteiger partial charge in [-0.25, -0.2) is 18.2 Å². The molecule has 2 saturated heterocycles. The van der Waals surface area contributed by atoms with Crippen molar-refractivity contribution in [2.24, 2.45) is 5.92 Å². The molecule has 0 radical (unpaired) electrons. The van der Waals surface area contributed by atoms with Crippen LogP contribution in [0.15, 0.2) is 53.4 Å². The van der Waals surface area contributed by atoms with E-state index in [4.69, 9.17) is 0 Å². The minimum atomic E-state index is -3.59. The molecule has 2 fully saturated rings. The summed E-state index contributed by atoms with van der Waals surface area (Å²) in [5.41, 5.74) is 7.98. The van der Waals surface area contributed by atoms with Crippen molar-refractivity contribution in [1.29, 1.82) is 0 Å². The molecule has 2 unspecified atom stereocenters. The van der Waals surface area contributed by atoms with E-state index in [1.807, 2.05) is 6.92 Å². The molecule has 0 saturated carbocycles. The number of benzene rings is 2. The van der Waals surface area contributed by atoms with E-state index in [-0.39, 0.29) is 35.1 Å². The summed E-state index contributed by atoms with van der Waals surface area (Å²) in [5, 5.41) is 0. The Labute approximate surface area is 182 Å². The number of carbonyl (C=O) groups excluding carboxylic acids is 1. The number of hydrogen-bond donors (Lipinski definition) is 2. The fraction of sp³-hybridized carbons (Fsp3) is 0.409. The lowest BCUT2D eigenvalue weighted by Gasteiger charge is -2.27. The third-order valence-corrected chi connectivity index (χ3v) is 7.87. The minimum absolute atomic E-state index is 0.0265. The molecular weight excluding hydrogens is 419 g/mol. The average Bonchev–Trinajstić information content (AvgIpc) is 3.10. The fourth-order valence-electron chi connectivity index (χ4n) is 4.16. The molecule has 0 spiro atoms. The van der Waals surface area contributed by atoms with Gasteiger partial charge in [0.15, 0.2) is 0 Å². The van der Waals surface area contributed by atoms with Crippen LogP contribution in [-0.4, -0.2) is 56.3 Å². The van der Waals surface area contributed by atoms with Gasteiger partial charge in [-0.05, 0) is 43.2 Å². The van der Waals surface area contributed by atoms with Crippen LogP contribution in [0.5, 0.6) is 0 Å². The summed E-state index contributed by atoms with van der Waals surface area (Å²) in [6, 6.07) is 12.7. The summed E-state index contributed by atoms with van der Waals surface area (Å²) < 4.78 is 40.8. The molecule has 0 aliphatic carbocycles. The molecule has 1 amide bonds. The van der Waals surface area contributed by atoms with Crippen LogP contribution in [0.25, 0.3) is 0 Å². The van der Waals surface area contributed by atoms with E-state index < -0.39 is 10.0 Å². The highest BCUT2D eigenvalue weighted by atomic mass is 32.2. The third kappa shape index (κ3) is 4.64. The minimum Gasteiger partial charge on any atom is -0.341 e. The van der Waals surface area contributed by atoms with E-state index in [0.29, 0.717) is 32.6 Å². The molecule has 2 aliphatic heterocycles. The first-order valence-corrected chi connectivity index (χ1v) is 11.9. The van der Waals surface area contributed by atoms with Gasteiger partial charge in [0.1, 0.15) is 5.82 Å². The van der Waals surface area contributed by atoms with E-state index >= 15 is 0 Å². The van der Waals surface area contributed by atoms with Gasteiger partial charge in [0.25, 0.3) is 0 Å². The molecule has 2 aliphatic rings. The number of halogens is 1. The normalized spacial score (nSPS) is 23.0. The first-order valence-electron chi connectivity index (χ1n) is 10.5. The number of amides is 1. The van der Waals surface area contributed by atoms with Crippen LogP contribution in [0.3, 0.4) is 0 Å². The molecule has 4 rings (SSSR count). The van der Waals surface area contributed by atoms with Crippen LogP contribution in [0.4, 0.5) is 4.39 Å². The molecule has 2 atom stereocenters. The lowest BCUT2D eigenvalue weighted by atomic mass is 9.93.